The number of anilines is 1. The predicted molar refractivity (Wildman–Crippen MR) is 83.6 cm³/mol. The molecule has 0 radical (unpaired) electrons. The van der Waals surface area contributed by atoms with Gasteiger partial charge in [0.05, 0.1) is 13.5 Å². The largest absolute Gasteiger partial charge is 0.497 e. The molecule has 0 fully saturated rings. The van der Waals surface area contributed by atoms with Crippen LogP contribution in [0.2, 0.25) is 0 Å². The van der Waals surface area contributed by atoms with E-state index in [0.29, 0.717) is 5.69 Å². The third-order valence-electron chi connectivity index (χ3n) is 3.43. The third-order valence-corrected chi connectivity index (χ3v) is 3.43. The Labute approximate surface area is 126 Å². The van der Waals surface area contributed by atoms with Gasteiger partial charge in [-0.3, -0.25) is 4.79 Å². The standard InChI is InChI=1S/C17H15FN2O2/c1-22-14-5-6-16-15(9-14)11(10-19-16)7-17(21)20-13-4-2-3-12(18)8-13/h2-6,8-10,19H,7H2,1H3,(H,20,21). The highest BCUT2D eigenvalue weighted by Crippen LogP contribution is 2.24. The topological polar surface area (TPSA) is 54.1 Å². The van der Waals surface area contributed by atoms with Gasteiger partial charge in [-0.2, -0.15) is 0 Å². The van der Waals surface area contributed by atoms with Gasteiger partial charge < -0.3 is 15.0 Å². The highest BCUT2D eigenvalue weighted by Gasteiger charge is 2.10. The predicted octanol–water partition coefficient (Wildman–Crippen LogP) is 3.50. The highest BCUT2D eigenvalue weighted by molar-refractivity contribution is 5.96. The molecule has 2 aromatic carbocycles. The summed E-state index contributed by atoms with van der Waals surface area (Å²) in [4.78, 5) is 15.2. The number of benzene rings is 2. The minimum atomic E-state index is -0.380. The second kappa shape index (κ2) is 5.89. The zero-order valence-electron chi connectivity index (χ0n) is 12.0. The van der Waals surface area contributed by atoms with Gasteiger partial charge in [-0.05, 0) is 42.0 Å². The molecule has 1 heterocycles. The van der Waals surface area contributed by atoms with Crippen LogP contribution in [0.5, 0.6) is 5.75 Å². The molecule has 0 saturated carbocycles. The Kier molecular flexibility index (Phi) is 3.78. The number of nitrogens with one attached hydrogen (secondary N) is 2. The number of rotatable bonds is 4. The summed E-state index contributed by atoms with van der Waals surface area (Å²) in [5.41, 5.74) is 2.25. The first kappa shape index (κ1) is 14.1. The fraction of sp³-hybridized carbons (Fsp3) is 0.118. The van der Waals surface area contributed by atoms with Gasteiger partial charge >= 0.3 is 0 Å². The number of H-pyrrole nitrogens is 1. The summed E-state index contributed by atoms with van der Waals surface area (Å²) in [7, 11) is 1.60. The zero-order chi connectivity index (χ0) is 15.5. The zero-order valence-corrected chi connectivity index (χ0v) is 12.0. The van der Waals surface area contributed by atoms with Crippen molar-refractivity contribution in [1.29, 1.82) is 0 Å². The van der Waals surface area contributed by atoms with Gasteiger partial charge in [-0.1, -0.05) is 6.07 Å². The average molecular weight is 298 g/mol. The summed E-state index contributed by atoms with van der Waals surface area (Å²) in [6, 6.07) is 11.5. The summed E-state index contributed by atoms with van der Waals surface area (Å²) in [5, 5.41) is 3.63. The lowest BCUT2D eigenvalue weighted by molar-refractivity contribution is -0.115. The monoisotopic (exact) mass is 298 g/mol. The van der Waals surface area contributed by atoms with Crippen molar-refractivity contribution in [3.05, 3.63) is 60.0 Å². The number of ether oxygens (including phenoxy) is 1. The molecular weight excluding hydrogens is 283 g/mol. The number of carbonyl (C=O) groups is 1. The number of carbonyl (C=O) groups excluding carboxylic acids is 1. The number of amides is 1. The van der Waals surface area contributed by atoms with Crippen LogP contribution in [0.4, 0.5) is 10.1 Å². The second-order valence-corrected chi connectivity index (χ2v) is 4.96. The van der Waals surface area contributed by atoms with E-state index >= 15 is 0 Å². The van der Waals surface area contributed by atoms with Gasteiger partial charge in [-0.15, -0.1) is 0 Å². The van der Waals surface area contributed by atoms with Gasteiger partial charge in [0.15, 0.2) is 0 Å². The van der Waals surface area contributed by atoms with E-state index < -0.39 is 0 Å². The van der Waals surface area contributed by atoms with Crippen molar-refractivity contribution in [2.75, 3.05) is 12.4 Å². The summed E-state index contributed by atoms with van der Waals surface area (Å²) in [6.07, 6.45) is 2.00. The molecule has 0 unspecified atom stereocenters. The smallest absolute Gasteiger partial charge is 0.228 e. The lowest BCUT2D eigenvalue weighted by Crippen LogP contribution is -2.14. The summed E-state index contributed by atoms with van der Waals surface area (Å²) < 4.78 is 18.3. The molecule has 1 amide bonds. The number of halogens is 1. The molecule has 3 rings (SSSR count). The lowest BCUT2D eigenvalue weighted by atomic mass is 10.1. The summed E-state index contributed by atoms with van der Waals surface area (Å²) in [5.74, 6) is 0.155. The number of hydrogen-bond acceptors (Lipinski definition) is 2. The number of aromatic nitrogens is 1. The second-order valence-electron chi connectivity index (χ2n) is 4.96. The fourth-order valence-corrected chi connectivity index (χ4v) is 2.38. The van der Waals surface area contributed by atoms with Crippen molar-refractivity contribution in [2.45, 2.75) is 6.42 Å². The lowest BCUT2D eigenvalue weighted by Gasteiger charge is -2.05. The first-order valence-corrected chi connectivity index (χ1v) is 6.85. The maximum Gasteiger partial charge on any atom is 0.228 e. The fourth-order valence-electron chi connectivity index (χ4n) is 2.38. The molecule has 112 valence electrons. The van der Waals surface area contributed by atoms with Crippen LogP contribution >= 0.6 is 0 Å². The van der Waals surface area contributed by atoms with Gasteiger partial charge in [0.2, 0.25) is 5.91 Å². The van der Waals surface area contributed by atoms with Crippen LogP contribution in [0.25, 0.3) is 10.9 Å². The molecule has 0 aliphatic rings. The number of aromatic amines is 1. The SMILES string of the molecule is COc1ccc2[nH]cc(CC(=O)Nc3cccc(F)c3)c2c1. The molecule has 2 N–H and O–H groups in total. The van der Waals surface area contributed by atoms with Crippen molar-refractivity contribution < 1.29 is 13.9 Å². The van der Waals surface area contributed by atoms with Gasteiger partial charge in [0.1, 0.15) is 11.6 Å². The number of hydrogen-bond donors (Lipinski definition) is 2. The Morgan fingerprint density at radius 2 is 2.14 bits per heavy atom. The van der Waals surface area contributed by atoms with Crippen molar-refractivity contribution in [1.82, 2.24) is 4.98 Å². The van der Waals surface area contributed by atoms with Crippen LogP contribution in [0, 0.1) is 5.82 Å². The Balaban J connectivity index is 1.79. The number of methoxy groups -OCH3 is 1. The van der Waals surface area contributed by atoms with E-state index in [0.717, 1.165) is 22.2 Å². The maximum absolute atomic E-state index is 13.1. The molecule has 22 heavy (non-hydrogen) atoms. The van der Waals surface area contributed by atoms with Crippen LogP contribution in [-0.2, 0) is 11.2 Å². The molecule has 0 spiro atoms. The molecular formula is C17H15FN2O2. The molecule has 0 saturated heterocycles. The van der Waals surface area contributed by atoms with Crippen LogP contribution in [-0.4, -0.2) is 18.0 Å². The van der Waals surface area contributed by atoms with E-state index in [9.17, 15) is 9.18 Å². The van der Waals surface area contributed by atoms with Crippen LogP contribution in [0.1, 0.15) is 5.56 Å². The van der Waals surface area contributed by atoms with Crippen LogP contribution in [0.15, 0.2) is 48.7 Å². The minimum absolute atomic E-state index is 0.198. The molecule has 0 aliphatic carbocycles. The van der Waals surface area contributed by atoms with E-state index in [1.807, 2.05) is 18.2 Å². The van der Waals surface area contributed by atoms with Crippen LogP contribution < -0.4 is 10.1 Å². The van der Waals surface area contributed by atoms with Crippen LogP contribution in [0.3, 0.4) is 0 Å². The molecule has 1 aromatic heterocycles. The Morgan fingerprint density at radius 3 is 2.91 bits per heavy atom. The summed E-state index contributed by atoms with van der Waals surface area (Å²) in [6.45, 7) is 0. The van der Waals surface area contributed by atoms with Gasteiger partial charge in [-0.25, -0.2) is 4.39 Å². The average Bonchev–Trinajstić information content (AvgIpc) is 2.89. The normalized spacial score (nSPS) is 10.6. The van der Waals surface area contributed by atoms with Crippen molar-refractivity contribution in [3.8, 4) is 5.75 Å². The molecule has 0 bridgehead atoms. The Hall–Kier alpha value is -2.82. The molecule has 4 nitrogen and oxygen atoms in total. The van der Waals surface area contributed by atoms with Gasteiger partial charge in [0.25, 0.3) is 0 Å². The quantitative estimate of drug-likeness (QED) is 0.774. The van der Waals surface area contributed by atoms with E-state index in [4.69, 9.17) is 4.74 Å². The first-order chi connectivity index (χ1) is 10.7. The number of fused-ring (bicyclic) bond motifs is 1. The highest BCUT2D eigenvalue weighted by atomic mass is 19.1. The third kappa shape index (κ3) is 2.93. The van der Waals surface area contributed by atoms with E-state index in [-0.39, 0.29) is 18.1 Å². The molecule has 0 atom stereocenters. The van der Waals surface area contributed by atoms with Crippen molar-refractivity contribution in [3.63, 3.8) is 0 Å². The summed E-state index contributed by atoms with van der Waals surface area (Å²) >= 11 is 0. The van der Waals surface area contributed by atoms with E-state index in [1.54, 1.807) is 25.4 Å². The Bertz CT molecular complexity index is 826. The van der Waals surface area contributed by atoms with Gasteiger partial charge in [0, 0.05) is 22.8 Å². The molecule has 0 aliphatic heterocycles. The maximum atomic E-state index is 13.1. The van der Waals surface area contributed by atoms with E-state index in [2.05, 4.69) is 10.3 Å². The van der Waals surface area contributed by atoms with Crippen molar-refractivity contribution >= 4 is 22.5 Å². The molecule has 3 aromatic rings. The van der Waals surface area contributed by atoms with E-state index in [1.165, 1.54) is 12.1 Å². The Morgan fingerprint density at radius 1 is 1.27 bits per heavy atom. The van der Waals surface area contributed by atoms with Crippen molar-refractivity contribution in [2.24, 2.45) is 0 Å². The molecule has 5 heteroatoms. The first-order valence-electron chi connectivity index (χ1n) is 6.85. The minimum Gasteiger partial charge on any atom is -0.497 e.